The summed E-state index contributed by atoms with van der Waals surface area (Å²) >= 11 is 2.12. The molecule has 1 heterocycles. The quantitative estimate of drug-likeness (QED) is 0.496. The minimum atomic E-state index is 0.638. The van der Waals surface area contributed by atoms with Gasteiger partial charge in [-0.1, -0.05) is 13.3 Å². The van der Waals surface area contributed by atoms with Crippen molar-refractivity contribution >= 4 is 11.8 Å². The summed E-state index contributed by atoms with van der Waals surface area (Å²) in [5, 5.41) is 0. The van der Waals surface area contributed by atoms with Gasteiger partial charge in [0, 0.05) is 0 Å². The molecule has 1 nitrogen and oxygen atoms in total. The minimum absolute atomic E-state index is 0.638. The molecule has 0 N–H and O–H groups in total. The molecule has 0 radical (unpaired) electrons. The van der Waals surface area contributed by atoms with Crippen LogP contribution >= 0.6 is 11.8 Å². The largest absolute Gasteiger partial charge is 0.501 e. The van der Waals surface area contributed by atoms with Crippen molar-refractivity contribution in [2.45, 2.75) is 52.9 Å². The summed E-state index contributed by atoms with van der Waals surface area (Å²) in [5.41, 5.74) is 1.89. The zero-order chi connectivity index (χ0) is 11.9. The smallest absolute Gasteiger partial charge is 0.0873 e. The van der Waals surface area contributed by atoms with Crippen LogP contribution in [0.2, 0.25) is 0 Å². The summed E-state index contributed by atoms with van der Waals surface area (Å²) in [6, 6.07) is 0. The fourth-order valence-electron chi connectivity index (χ4n) is 2.34. The Morgan fingerprint density at radius 3 is 2.56 bits per heavy atom. The van der Waals surface area contributed by atoms with Crippen LogP contribution in [0.1, 0.15) is 52.9 Å². The molecule has 1 aliphatic heterocycles. The molecular weight excluding hydrogens is 216 g/mol. The van der Waals surface area contributed by atoms with Gasteiger partial charge in [-0.05, 0) is 62.0 Å². The zero-order valence-electron chi connectivity index (χ0n) is 11.1. The Morgan fingerprint density at radius 2 is 2.00 bits per heavy atom. The van der Waals surface area contributed by atoms with Crippen LogP contribution in [0.5, 0.6) is 0 Å². The highest BCUT2D eigenvalue weighted by Crippen LogP contribution is 2.41. The third-order valence-corrected chi connectivity index (χ3v) is 4.58. The van der Waals surface area contributed by atoms with Gasteiger partial charge in [-0.15, -0.1) is 0 Å². The lowest BCUT2D eigenvalue weighted by Crippen LogP contribution is -2.25. The van der Waals surface area contributed by atoms with Crippen LogP contribution in [0.4, 0.5) is 0 Å². The van der Waals surface area contributed by atoms with Gasteiger partial charge < -0.3 is 4.74 Å². The first kappa shape index (κ1) is 14.0. The lowest BCUT2D eigenvalue weighted by Gasteiger charge is -2.36. The van der Waals surface area contributed by atoms with Crippen molar-refractivity contribution in [1.29, 1.82) is 0 Å². The maximum atomic E-state index is 5.51. The van der Waals surface area contributed by atoms with E-state index >= 15 is 0 Å². The standard InChI is InChI=1S/C14H26OS/c1-4-14(7-10-16-11-8-14)6-5-9-15-12-13(2)3/h12H,4-11H2,1-3H3. The summed E-state index contributed by atoms with van der Waals surface area (Å²) in [5.74, 6) is 2.73. The second-order valence-corrected chi connectivity index (χ2v) is 6.36. The molecule has 0 bridgehead atoms. The highest BCUT2D eigenvalue weighted by molar-refractivity contribution is 7.99. The first-order valence-corrected chi connectivity index (χ1v) is 7.67. The third-order valence-electron chi connectivity index (χ3n) is 3.59. The molecule has 0 aromatic rings. The Morgan fingerprint density at radius 1 is 1.31 bits per heavy atom. The van der Waals surface area contributed by atoms with Gasteiger partial charge in [0.05, 0.1) is 12.9 Å². The van der Waals surface area contributed by atoms with Crippen LogP contribution in [0, 0.1) is 5.41 Å². The normalized spacial score (nSPS) is 19.2. The monoisotopic (exact) mass is 242 g/mol. The van der Waals surface area contributed by atoms with Gasteiger partial charge in [0.2, 0.25) is 0 Å². The molecule has 0 saturated carbocycles. The number of hydrogen-bond acceptors (Lipinski definition) is 2. The van der Waals surface area contributed by atoms with Crippen molar-refractivity contribution in [1.82, 2.24) is 0 Å². The third kappa shape index (κ3) is 4.82. The Hall–Kier alpha value is -0.110. The lowest BCUT2D eigenvalue weighted by atomic mass is 9.76. The Balaban J connectivity index is 2.20. The molecular formula is C14H26OS. The van der Waals surface area contributed by atoms with Gasteiger partial charge in [-0.3, -0.25) is 0 Å². The van der Waals surface area contributed by atoms with E-state index in [-0.39, 0.29) is 0 Å². The molecule has 94 valence electrons. The summed E-state index contributed by atoms with van der Waals surface area (Å²) in [4.78, 5) is 0. The van der Waals surface area contributed by atoms with Crippen molar-refractivity contribution < 1.29 is 4.74 Å². The average Bonchev–Trinajstić information content (AvgIpc) is 2.29. The van der Waals surface area contributed by atoms with E-state index in [0.29, 0.717) is 5.41 Å². The van der Waals surface area contributed by atoms with Crippen LogP contribution in [0.15, 0.2) is 11.8 Å². The van der Waals surface area contributed by atoms with Crippen molar-refractivity contribution in [3.05, 3.63) is 11.8 Å². The molecule has 0 amide bonds. The molecule has 0 aromatic heterocycles. The molecule has 1 rings (SSSR count). The number of hydrogen-bond donors (Lipinski definition) is 0. The number of thioether (sulfide) groups is 1. The van der Waals surface area contributed by atoms with Crippen LogP contribution < -0.4 is 0 Å². The van der Waals surface area contributed by atoms with Crippen molar-refractivity contribution in [2.75, 3.05) is 18.1 Å². The summed E-state index contributed by atoms with van der Waals surface area (Å²) in [6.45, 7) is 7.39. The predicted octanol–water partition coefficient (Wildman–Crippen LogP) is 4.63. The van der Waals surface area contributed by atoms with Crippen LogP contribution in [-0.2, 0) is 4.74 Å². The van der Waals surface area contributed by atoms with E-state index in [1.165, 1.54) is 49.2 Å². The van der Waals surface area contributed by atoms with Gasteiger partial charge in [-0.2, -0.15) is 11.8 Å². The van der Waals surface area contributed by atoms with Crippen molar-refractivity contribution in [3.8, 4) is 0 Å². The van der Waals surface area contributed by atoms with E-state index in [1.807, 2.05) is 6.26 Å². The highest BCUT2D eigenvalue weighted by Gasteiger charge is 2.29. The second kappa shape index (κ2) is 7.26. The number of rotatable bonds is 6. The zero-order valence-corrected chi connectivity index (χ0v) is 11.9. The van der Waals surface area contributed by atoms with Gasteiger partial charge in [0.1, 0.15) is 0 Å². The first-order chi connectivity index (χ1) is 7.68. The van der Waals surface area contributed by atoms with E-state index in [9.17, 15) is 0 Å². The maximum absolute atomic E-state index is 5.51. The molecule has 0 unspecified atom stereocenters. The van der Waals surface area contributed by atoms with E-state index in [0.717, 1.165) is 6.61 Å². The molecule has 2 heteroatoms. The predicted molar refractivity (Wildman–Crippen MR) is 73.9 cm³/mol. The van der Waals surface area contributed by atoms with Crippen molar-refractivity contribution in [3.63, 3.8) is 0 Å². The molecule has 0 spiro atoms. The van der Waals surface area contributed by atoms with Gasteiger partial charge >= 0.3 is 0 Å². The van der Waals surface area contributed by atoms with Crippen LogP contribution in [0.3, 0.4) is 0 Å². The van der Waals surface area contributed by atoms with Gasteiger partial charge in [-0.25, -0.2) is 0 Å². The Labute approximate surface area is 105 Å². The highest BCUT2D eigenvalue weighted by atomic mass is 32.2. The molecule has 16 heavy (non-hydrogen) atoms. The maximum Gasteiger partial charge on any atom is 0.0873 e. The molecule has 1 fully saturated rings. The summed E-state index contributed by atoms with van der Waals surface area (Å²) < 4.78 is 5.51. The first-order valence-electron chi connectivity index (χ1n) is 6.51. The van der Waals surface area contributed by atoms with E-state index in [1.54, 1.807) is 0 Å². The van der Waals surface area contributed by atoms with E-state index in [2.05, 4.69) is 32.5 Å². The summed E-state index contributed by atoms with van der Waals surface area (Å²) in [7, 11) is 0. The molecule has 1 aliphatic rings. The van der Waals surface area contributed by atoms with Crippen LogP contribution in [0.25, 0.3) is 0 Å². The van der Waals surface area contributed by atoms with E-state index in [4.69, 9.17) is 4.74 Å². The van der Waals surface area contributed by atoms with Crippen molar-refractivity contribution in [2.24, 2.45) is 5.41 Å². The second-order valence-electron chi connectivity index (χ2n) is 5.14. The topological polar surface area (TPSA) is 9.23 Å². The fraction of sp³-hybridized carbons (Fsp3) is 0.857. The molecule has 0 aliphatic carbocycles. The molecule has 1 saturated heterocycles. The van der Waals surface area contributed by atoms with Gasteiger partial charge in [0.15, 0.2) is 0 Å². The van der Waals surface area contributed by atoms with E-state index < -0.39 is 0 Å². The molecule has 0 aromatic carbocycles. The van der Waals surface area contributed by atoms with Crippen LogP contribution in [-0.4, -0.2) is 18.1 Å². The number of ether oxygens (including phenoxy) is 1. The number of allylic oxidation sites excluding steroid dienone is 1. The summed E-state index contributed by atoms with van der Waals surface area (Å²) in [6.07, 6.45) is 8.61. The molecule has 0 atom stereocenters. The minimum Gasteiger partial charge on any atom is -0.501 e. The SMILES string of the molecule is CCC1(CCCOC=C(C)C)CCSCC1. The Bertz CT molecular complexity index is 213. The lowest BCUT2D eigenvalue weighted by molar-refractivity contribution is 0.177. The average molecular weight is 242 g/mol. The van der Waals surface area contributed by atoms with Gasteiger partial charge in [0.25, 0.3) is 0 Å². The Kier molecular flexibility index (Phi) is 6.33. The fourth-order valence-corrected chi connectivity index (χ4v) is 3.70.